The van der Waals surface area contributed by atoms with Gasteiger partial charge in [-0.05, 0) is 27.2 Å². The van der Waals surface area contributed by atoms with Crippen LogP contribution in [0, 0.1) is 0 Å². The second-order valence-electron chi connectivity index (χ2n) is 5.57. The Morgan fingerprint density at radius 2 is 2.12 bits per heavy atom. The Morgan fingerprint density at radius 3 is 2.69 bits per heavy atom. The molecule has 2 fully saturated rings. The fourth-order valence-electron chi connectivity index (χ4n) is 2.42. The summed E-state index contributed by atoms with van der Waals surface area (Å²) in [5.41, 5.74) is -0.480. The normalized spacial score (nSPS) is 34.0. The lowest BCUT2D eigenvalue weighted by molar-refractivity contribution is 0.00361. The van der Waals surface area contributed by atoms with Crippen molar-refractivity contribution in [3.63, 3.8) is 0 Å². The molecule has 1 amide bonds. The van der Waals surface area contributed by atoms with Crippen LogP contribution in [0.1, 0.15) is 27.2 Å². The van der Waals surface area contributed by atoms with Gasteiger partial charge in [0.05, 0.1) is 18.2 Å². The summed E-state index contributed by atoms with van der Waals surface area (Å²) in [6.45, 7) is 6.95. The van der Waals surface area contributed by atoms with E-state index in [1.165, 1.54) is 0 Å². The van der Waals surface area contributed by atoms with E-state index in [2.05, 4.69) is 5.32 Å². The highest BCUT2D eigenvalue weighted by Crippen LogP contribution is 2.28. The van der Waals surface area contributed by atoms with Gasteiger partial charge in [0.1, 0.15) is 5.60 Å². The fourth-order valence-corrected chi connectivity index (χ4v) is 2.42. The first kappa shape index (κ1) is 11.7. The molecule has 0 unspecified atom stereocenters. The van der Waals surface area contributed by atoms with Crippen LogP contribution >= 0.6 is 0 Å². The number of carbonyl (C=O) groups is 1. The average molecular weight is 228 g/mol. The third-order valence-corrected chi connectivity index (χ3v) is 3.05. The van der Waals surface area contributed by atoms with E-state index in [0.29, 0.717) is 13.0 Å². The van der Waals surface area contributed by atoms with Crippen molar-refractivity contribution < 1.29 is 14.6 Å². The third-order valence-electron chi connectivity index (χ3n) is 3.05. The monoisotopic (exact) mass is 228 g/mol. The molecule has 0 radical (unpaired) electrons. The smallest absolute Gasteiger partial charge is 0.410 e. The first-order valence-electron chi connectivity index (χ1n) is 5.78. The highest BCUT2D eigenvalue weighted by Gasteiger charge is 2.46. The number of nitrogens with one attached hydrogen (secondary N) is 1. The predicted molar refractivity (Wildman–Crippen MR) is 59.1 cm³/mol. The van der Waals surface area contributed by atoms with Gasteiger partial charge in [-0.15, -0.1) is 0 Å². The molecule has 0 aromatic heterocycles. The number of hydrogen-bond acceptors (Lipinski definition) is 4. The highest BCUT2D eigenvalue weighted by atomic mass is 16.6. The van der Waals surface area contributed by atoms with E-state index in [4.69, 9.17) is 4.74 Å². The lowest BCUT2D eigenvalue weighted by Crippen LogP contribution is -2.56. The topological polar surface area (TPSA) is 61.8 Å². The number of nitrogens with zero attached hydrogens (tertiary/aromatic N) is 1. The van der Waals surface area contributed by atoms with Gasteiger partial charge in [0.25, 0.3) is 0 Å². The number of fused-ring (bicyclic) bond motifs is 2. The summed E-state index contributed by atoms with van der Waals surface area (Å²) in [6, 6.07) is -0.0581. The van der Waals surface area contributed by atoms with Crippen LogP contribution in [-0.2, 0) is 4.74 Å². The van der Waals surface area contributed by atoms with Crippen LogP contribution in [0.15, 0.2) is 0 Å². The van der Waals surface area contributed by atoms with Gasteiger partial charge >= 0.3 is 6.09 Å². The van der Waals surface area contributed by atoms with Crippen molar-refractivity contribution in [2.45, 2.75) is 51.0 Å². The number of hydrogen-bond donors (Lipinski definition) is 2. The average Bonchev–Trinajstić information content (AvgIpc) is 2.31. The van der Waals surface area contributed by atoms with Crippen LogP contribution in [0.5, 0.6) is 0 Å². The van der Waals surface area contributed by atoms with E-state index in [1.54, 1.807) is 4.90 Å². The molecule has 0 saturated carbocycles. The summed E-state index contributed by atoms with van der Waals surface area (Å²) in [4.78, 5) is 13.7. The number of piperazine rings is 1. The summed E-state index contributed by atoms with van der Waals surface area (Å²) in [6.07, 6.45) is -0.0789. The predicted octanol–water partition coefficient (Wildman–Crippen LogP) is 0.328. The van der Waals surface area contributed by atoms with Gasteiger partial charge in [0.2, 0.25) is 0 Å². The zero-order chi connectivity index (χ0) is 11.9. The van der Waals surface area contributed by atoms with Gasteiger partial charge in [0.15, 0.2) is 0 Å². The number of rotatable bonds is 0. The molecular formula is C11H20N2O3. The van der Waals surface area contributed by atoms with E-state index in [-0.39, 0.29) is 18.2 Å². The lowest BCUT2D eigenvalue weighted by atomic mass is 10.2. The Hall–Kier alpha value is -0.810. The van der Waals surface area contributed by atoms with E-state index in [9.17, 15) is 9.90 Å². The molecule has 5 nitrogen and oxygen atoms in total. The van der Waals surface area contributed by atoms with E-state index >= 15 is 0 Å². The zero-order valence-electron chi connectivity index (χ0n) is 10.1. The summed E-state index contributed by atoms with van der Waals surface area (Å²) in [5.74, 6) is 0. The Morgan fingerprint density at radius 1 is 1.44 bits per heavy atom. The fraction of sp³-hybridized carbons (Fsp3) is 0.909. The van der Waals surface area contributed by atoms with Crippen LogP contribution in [0.4, 0.5) is 4.79 Å². The van der Waals surface area contributed by atoms with Crippen molar-refractivity contribution in [1.29, 1.82) is 0 Å². The Labute approximate surface area is 95.8 Å². The molecule has 16 heavy (non-hydrogen) atoms. The maximum absolute atomic E-state index is 12.0. The molecule has 92 valence electrons. The molecule has 2 aliphatic rings. The maximum Gasteiger partial charge on any atom is 0.410 e. The SMILES string of the molecule is CC(C)(C)OC(=O)N1[C@H]2CNC[C@@H]1[C@H](O)C2. The minimum atomic E-state index is -0.480. The molecule has 2 bridgehead atoms. The van der Waals surface area contributed by atoms with E-state index < -0.39 is 11.7 Å². The molecule has 2 N–H and O–H groups in total. The number of amides is 1. The highest BCUT2D eigenvalue weighted by molar-refractivity contribution is 5.70. The standard InChI is InChI=1S/C11H20N2O3/c1-11(2,3)16-10(15)13-7-4-9(14)8(13)6-12-5-7/h7-9,12,14H,4-6H2,1-3H3/t7-,8-,9-/m1/s1. The number of ether oxygens (including phenoxy) is 1. The van der Waals surface area contributed by atoms with Gasteiger partial charge in [-0.1, -0.05) is 0 Å². The largest absolute Gasteiger partial charge is 0.444 e. The first-order chi connectivity index (χ1) is 7.38. The van der Waals surface area contributed by atoms with Crippen LogP contribution in [0.25, 0.3) is 0 Å². The maximum atomic E-state index is 12.0. The Bertz CT molecular complexity index is 287. The van der Waals surface area contributed by atoms with Crippen molar-refractivity contribution >= 4 is 6.09 Å². The van der Waals surface area contributed by atoms with Crippen LogP contribution in [0.2, 0.25) is 0 Å². The van der Waals surface area contributed by atoms with Gasteiger partial charge in [-0.25, -0.2) is 4.79 Å². The molecule has 3 atom stereocenters. The first-order valence-corrected chi connectivity index (χ1v) is 5.78. The number of carbonyl (C=O) groups excluding carboxylic acids is 1. The molecule has 2 aliphatic heterocycles. The van der Waals surface area contributed by atoms with Crippen molar-refractivity contribution in [3.05, 3.63) is 0 Å². The minimum absolute atomic E-state index is 0.0728. The second kappa shape index (κ2) is 3.89. The van der Waals surface area contributed by atoms with Crippen molar-refractivity contribution in [2.75, 3.05) is 13.1 Å². The quantitative estimate of drug-likeness (QED) is 0.627. The lowest BCUT2D eigenvalue weighted by Gasteiger charge is -2.36. The molecular weight excluding hydrogens is 208 g/mol. The van der Waals surface area contributed by atoms with Crippen LogP contribution < -0.4 is 5.32 Å². The summed E-state index contributed by atoms with van der Waals surface area (Å²) >= 11 is 0. The third kappa shape index (κ3) is 2.15. The van der Waals surface area contributed by atoms with Crippen LogP contribution in [0.3, 0.4) is 0 Å². The Kier molecular flexibility index (Phi) is 2.84. The van der Waals surface area contributed by atoms with Gasteiger partial charge < -0.3 is 15.2 Å². The summed E-state index contributed by atoms with van der Waals surface area (Å²) in [7, 11) is 0. The zero-order valence-corrected chi connectivity index (χ0v) is 10.1. The summed E-state index contributed by atoms with van der Waals surface area (Å²) in [5, 5.41) is 13.0. The second-order valence-corrected chi connectivity index (χ2v) is 5.57. The van der Waals surface area contributed by atoms with Crippen LogP contribution in [-0.4, -0.2) is 53.0 Å². The van der Waals surface area contributed by atoms with E-state index in [1.807, 2.05) is 20.8 Å². The van der Waals surface area contributed by atoms with Gasteiger partial charge in [-0.3, -0.25) is 4.90 Å². The van der Waals surface area contributed by atoms with Crippen molar-refractivity contribution in [1.82, 2.24) is 10.2 Å². The molecule has 0 aromatic carbocycles. The molecule has 5 heteroatoms. The molecule has 0 aliphatic carbocycles. The number of aliphatic hydroxyl groups is 1. The van der Waals surface area contributed by atoms with Gasteiger partial charge in [-0.2, -0.15) is 0 Å². The van der Waals surface area contributed by atoms with Gasteiger partial charge in [0, 0.05) is 13.1 Å². The summed E-state index contributed by atoms with van der Waals surface area (Å²) < 4.78 is 5.35. The van der Waals surface area contributed by atoms with Crippen molar-refractivity contribution in [3.8, 4) is 0 Å². The Balaban J connectivity index is 2.07. The molecule has 2 heterocycles. The molecule has 0 spiro atoms. The minimum Gasteiger partial charge on any atom is -0.444 e. The van der Waals surface area contributed by atoms with Crippen molar-refractivity contribution in [2.24, 2.45) is 0 Å². The molecule has 2 rings (SSSR count). The van der Waals surface area contributed by atoms with E-state index in [0.717, 1.165) is 6.54 Å². The number of aliphatic hydroxyl groups excluding tert-OH is 1. The molecule has 2 saturated heterocycles. The molecule has 0 aromatic rings.